The number of benzene rings is 4. The number of pyridine rings is 4. The topological polar surface area (TPSA) is 371 Å². The Hall–Kier alpha value is -10.1. The van der Waals surface area contributed by atoms with Crippen LogP contribution in [0.3, 0.4) is 0 Å². The number of rotatable bonds is 35. The molecule has 0 radical (unpaired) electrons. The van der Waals surface area contributed by atoms with Crippen LogP contribution in [-0.4, -0.2) is 135 Å². The summed E-state index contributed by atoms with van der Waals surface area (Å²) in [4.78, 5) is 78.4. The molecule has 4 aromatic carbocycles. The number of thiazole rings is 4. The zero-order valence-electron chi connectivity index (χ0n) is 72.1. The molecular weight excluding hydrogens is 1850 g/mol. The van der Waals surface area contributed by atoms with Crippen molar-refractivity contribution < 1.29 is 41.1 Å². The Bertz CT molecular complexity index is 6690. The quantitative estimate of drug-likeness (QED) is 0.0122. The van der Waals surface area contributed by atoms with E-state index in [-0.39, 0.29) is 30.9 Å². The molecule has 4 unspecified atom stereocenters. The summed E-state index contributed by atoms with van der Waals surface area (Å²) in [6.07, 6.45) is 17.3. The molecule has 670 valence electrons. The lowest BCUT2D eigenvalue weighted by atomic mass is 9.97. The van der Waals surface area contributed by atoms with Crippen molar-refractivity contribution in [3.05, 3.63) is 203 Å². The van der Waals surface area contributed by atoms with Gasteiger partial charge in [0.2, 0.25) is 0 Å². The number of ketones is 1. The number of Topliss-reactive ketones (excluding diaryl/α,β-unsaturated/α-hetero) is 1. The molecule has 10 N–H and O–H groups in total. The van der Waals surface area contributed by atoms with E-state index in [4.69, 9.17) is 47.6 Å². The average molecular weight is 1950 g/mol. The van der Waals surface area contributed by atoms with E-state index in [1.807, 2.05) is 156 Å². The number of unbranched alkanes of at least 4 members (excludes halogenated alkanes) is 4. The second kappa shape index (κ2) is 46.1. The molecule has 12 heterocycles. The average Bonchev–Trinajstić information content (AvgIpc) is 1.63. The zero-order valence-corrected chi connectivity index (χ0v) is 81.9. The first-order valence-electron chi connectivity index (χ1n) is 41.8. The number of nitrogen functional groups attached to an aromatic ring is 4. The van der Waals surface area contributed by atoms with Crippen LogP contribution in [0.2, 0.25) is 0 Å². The molecule has 0 saturated heterocycles. The highest BCUT2D eigenvalue weighted by Crippen LogP contribution is 2.49. The Balaban J connectivity index is 0.000000147. The molecule has 0 bridgehead atoms. The normalized spacial score (nSPS) is 12.3. The van der Waals surface area contributed by atoms with E-state index >= 15 is 0 Å². The van der Waals surface area contributed by atoms with Gasteiger partial charge in [-0.05, 0) is 144 Å². The lowest BCUT2D eigenvalue weighted by molar-refractivity contribution is -0.142. The summed E-state index contributed by atoms with van der Waals surface area (Å²) >= 11 is 11.6. The lowest BCUT2D eigenvalue weighted by Gasteiger charge is -2.12. The van der Waals surface area contributed by atoms with Crippen molar-refractivity contribution in [1.82, 2.24) is 50.1 Å². The number of nitrogens with zero attached hydrogens (tertiary/aromatic N) is 9. The number of nitrogens with one attached hydrogen (secondary N) is 1. The molecule has 0 aliphatic carbocycles. The Morgan fingerprint density at radius 2 is 0.798 bits per heavy atom. The lowest BCUT2D eigenvalue weighted by Crippen LogP contribution is -2.31. The SMILES string of the molecule is C=CCCC(=O)c1cccc(-c2cc(-c3nccs3)nc3sc(S(=O)CCCC)c(N)c23)c1.CCCCS(=O)c1sc2nc(-c3nccs3)cc(-c3ccc(CO)cc3)c2c1N.CCCCS(=O)c1sc2nc(-c3nccs3)cc(-c3ccc(COC(C)=O)cc3)c2c1N.CCCCS(=O)c1sc2nc(-c3nccs3)cc(-c3cccc(C(=O)NCCN(C)C)c3)c2c1N. The van der Waals surface area contributed by atoms with Crippen LogP contribution in [0.25, 0.3) is 128 Å². The maximum Gasteiger partial charge on any atom is 0.302 e. The summed E-state index contributed by atoms with van der Waals surface area (Å²) in [6.45, 7) is 15.0. The molecule has 16 rings (SSSR count). The number of carbonyl (C=O) groups excluding carboxylic acids is 3. The third kappa shape index (κ3) is 23.6. The molecule has 4 atom stereocenters. The highest BCUT2D eigenvalue weighted by Gasteiger charge is 2.28. The standard InChI is InChI=1S/C25H29N5O2S3.C25H25N3O2S3.C23H23N3O3S3.C21H21N3O2S3/c1-4-5-13-35(32)25-21(26)20-18(15-19(29-24(20)34-25)23-28-10-12-33-23)16-7-6-8-17(14-16)22(31)27-9-11-30(2)3;1-3-5-10-20(29)17-9-7-8-16(14-17)18-15-19(23-27-11-12-31-23)28-24-21(18)22(26)25(32-24)33(30)13-6-4-2;1-3-4-11-32(28)23-20(24)19-17(16-7-5-15(6-8-16)13-29-14(2)27)12-18(26-22(19)31-23)21-25-9-10-30-21;1-2-3-10-29(26)21-18(22)17-15(14-6-4-13(12-25)5-7-14)11-16(24-20(17)28-21)19-23-8-9-27-19/h6-8,10,12,14-15H,4-5,9,11,13,26H2,1-3H3,(H,27,31);3,7-9,11-12,14-15H,1,4-6,10,13,26H2,2H3;5-10,12H,3-4,11,13,24H2,1-2H3;4-9,11,25H,2-3,10,12,22H2,1H3. The number of ether oxygens (including phenoxy) is 1. The van der Waals surface area contributed by atoms with Gasteiger partial charge in [-0.2, -0.15) is 0 Å². The number of amides is 1. The molecule has 0 aliphatic heterocycles. The molecule has 129 heavy (non-hydrogen) atoms. The Morgan fingerprint density at radius 1 is 0.465 bits per heavy atom. The number of esters is 1. The number of allylic oxidation sites excluding steroid dienone is 1. The van der Waals surface area contributed by atoms with E-state index in [1.165, 1.54) is 97.6 Å². The molecular formula is C94H98N14O9S12. The summed E-state index contributed by atoms with van der Waals surface area (Å²) < 4.78 is 59.4. The van der Waals surface area contributed by atoms with Gasteiger partial charge >= 0.3 is 5.97 Å². The van der Waals surface area contributed by atoms with Crippen LogP contribution in [-0.2, 0) is 65.9 Å². The summed E-state index contributed by atoms with van der Waals surface area (Å²) in [6, 6.07) is 38.5. The van der Waals surface area contributed by atoms with Gasteiger partial charge < -0.3 is 43.0 Å². The minimum Gasteiger partial charge on any atom is -0.461 e. The number of carbonyl (C=O) groups is 3. The molecule has 0 fully saturated rings. The number of hydrogen-bond acceptors (Lipinski definition) is 30. The van der Waals surface area contributed by atoms with Crippen LogP contribution in [0.15, 0.2) is 197 Å². The van der Waals surface area contributed by atoms with Gasteiger partial charge in [0.15, 0.2) is 5.78 Å². The number of hydrogen-bond donors (Lipinski definition) is 6. The van der Waals surface area contributed by atoms with E-state index in [0.717, 1.165) is 197 Å². The summed E-state index contributed by atoms with van der Waals surface area (Å²) in [7, 11) is -0.707. The van der Waals surface area contributed by atoms with Crippen molar-refractivity contribution in [1.29, 1.82) is 0 Å². The van der Waals surface area contributed by atoms with Gasteiger partial charge in [0.1, 0.15) is 85.6 Å². The van der Waals surface area contributed by atoms with E-state index < -0.39 is 43.2 Å². The molecule has 0 saturated carbocycles. The summed E-state index contributed by atoms with van der Waals surface area (Å²) in [5, 5.41) is 26.5. The Labute approximate surface area is 791 Å². The monoisotopic (exact) mass is 1950 g/mol. The highest BCUT2D eigenvalue weighted by atomic mass is 32.2. The van der Waals surface area contributed by atoms with Crippen LogP contribution >= 0.6 is 90.7 Å². The number of anilines is 4. The van der Waals surface area contributed by atoms with Gasteiger partial charge in [-0.15, -0.1) is 97.3 Å². The number of nitrogens with two attached hydrogens (primary N) is 4. The Morgan fingerprint density at radius 3 is 1.11 bits per heavy atom. The van der Waals surface area contributed by atoms with Gasteiger partial charge in [0.25, 0.3) is 5.91 Å². The highest BCUT2D eigenvalue weighted by molar-refractivity contribution is 7.88. The predicted octanol–water partition coefficient (Wildman–Crippen LogP) is 22.3. The third-order valence-electron chi connectivity index (χ3n) is 20.3. The molecule has 12 aromatic heterocycles. The van der Waals surface area contributed by atoms with Crippen molar-refractivity contribution in [3.63, 3.8) is 0 Å². The van der Waals surface area contributed by atoms with E-state index in [1.54, 1.807) is 36.9 Å². The fraction of sp³-hybridized carbons (Fsp3) is 0.266. The molecule has 0 aliphatic rings. The number of aromatic nitrogens is 8. The summed E-state index contributed by atoms with van der Waals surface area (Å²) in [5.74, 6) is 1.98. The third-order valence-corrected chi connectivity index (χ3v) is 35.5. The second-order valence-corrected chi connectivity index (χ2v) is 44.6. The first-order valence-corrected chi connectivity index (χ1v) is 53.8. The smallest absolute Gasteiger partial charge is 0.302 e. The van der Waals surface area contributed by atoms with Crippen molar-refractivity contribution in [3.8, 4) is 87.3 Å². The van der Waals surface area contributed by atoms with Crippen LogP contribution < -0.4 is 28.3 Å². The van der Waals surface area contributed by atoms with Crippen LogP contribution in [0.4, 0.5) is 22.7 Å². The number of likely N-dealkylation sites (N-methyl/N-ethyl adjacent to an activating group) is 1. The van der Waals surface area contributed by atoms with Crippen molar-refractivity contribution in [2.75, 3.05) is 73.1 Å². The first-order chi connectivity index (χ1) is 62.5. The first kappa shape index (κ1) is 96.5. The number of aliphatic hydroxyl groups is 1. The molecule has 16 aromatic rings. The fourth-order valence-corrected chi connectivity index (χ4v) is 27.2. The van der Waals surface area contributed by atoms with E-state index in [9.17, 15) is 36.3 Å². The van der Waals surface area contributed by atoms with Gasteiger partial charge in [0, 0.05) is 128 Å². The number of fused-ring (bicyclic) bond motifs is 4. The second-order valence-electron chi connectivity index (χ2n) is 29.9. The molecule has 0 spiro atoms. The van der Waals surface area contributed by atoms with Crippen LogP contribution in [0, 0.1) is 0 Å². The van der Waals surface area contributed by atoms with E-state index in [2.05, 4.69) is 59.5 Å². The maximum absolute atomic E-state index is 13.0. The van der Waals surface area contributed by atoms with Crippen molar-refractivity contribution in [2.45, 2.75) is 129 Å². The number of aliphatic hydroxyl groups excluding tert-OH is 1. The molecule has 23 nitrogen and oxygen atoms in total. The minimum atomic E-state index is -1.18. The largest absolute Gasteiger partial charge is 0.461 e. The fourth-order valence-electron chi connectivity index (χ4n) is 13.6. The van der Waals surface area contributed by atoms with Crippen LogP contribution in [0.1, 0.15) is 131 Å². The van der Waals surface area contributed by atoms with Gasteiger partial charge in [0.05, 0.1) is 72.6 Å². The van der Waals surface area contributed by atoms with Gasteiger partial charge in [-0.25, -0.2) is 39.9 Å². The summed E-state index contributed by atoms with van der Waals surface area (Å²) in [5.41, 5.74) is 41.5. The Kier molecular flexibility index (Phi) is 34.5. The molecule has 1 amide bonds. The van der Waals surface area contributed by atoms with Crippen molar-refractivity contribution >= 4 is 215 Å². The predicted molar refractivity (Wildman–Crippen MR) is 543 cm³/mol. The zero-order chi connectivity index (χ0) is 91.4. The number of thiophene rings is 4. The van der Waals surface area contributed by atoms with Gasteiger partial charge in [-0.3, -0.25) is 31.2 Å². The minimum absolute atomic E-state index is 0.00243. The van der Waals surface area contributed by atoms with Gasteiger partial charge in [-0.1, -0.05) is 138 Å². The molecule has 35 heteroatoms. The maximum atomic E-state index is 13.0. The van der Waals surface area contributed by atoms with Crippen LogP contribution in [0.5, 0.6) is 0 Å². The van der Waals surface area contributed by atoms with E-state index in [0.29, 0.717) is 93.1 Å². The van der Waals surface area contributed by atoms with Crippen molar-refractivity contribution in [2.24, 2.45) is 0 Å².